The highest BCUT2D eigenvalue weighted by molar-refractivity contribution is 7.99. The number of thioether (sulfide) groups is 1. The minimum atomic E-state index is -0.241. The molecule has 2 heterocycles. The van der Waals surface area contributed by atoms with E-state index in [2.05, 4.69) is 10.3 Å². The molecule has 0 aliphatic heterocycles. The Morgan fingerprint density at radius 1 is 1.00 bits per heavy atom. The summed E-state index contributed by atoms with van der Waals surface area (Å²) in [6, 6.07) is 22.0. The fraction of sp³-hybridized carbons (Fsp3) is 0.111. The van der Waals surface area contributed by atoms with E-state index in [1.54, 1.807) is 28.8 Å². The van der Waals surface area contributed by atoms with Crippen molar-refractivity contribution < 1.29 is 9.59 Å². The van der Waals surface area contributed by atoms with Gasteiger partial charge in [-0.15, -0.1) is 0 Å². The monoisotopic (exact) mass is 482 g/mol. The van der Waals surface area contributed by atoms with Gasteiger partial charge in [0.05, 0.1) is 11.4 Å². The van der Waals surface area contributed by atoms with Crippen molar-refractivity contribution >= 4 is 51.1 Å². The van der Waals surface area contributed by atoms with Crippen molar-refractivity contribution in [3.8, 4) is 5.69 Å². The second-order valence-corrected chi connectivity index (χ2v) is 9.13. The summed E-state index contributed by atoms with van der Waals surface area (Å²) in [5, 5.41) is 4.12. The Bertz CT molecular complexity index is 1650. The van der Waals surface area contributed by atoms with Crippen molar-refractivity contribution in [2.24, 2.45) is 0 Å². The fourth-order valence-corrected chi connectivity index (χ4v) is 4.78. The van der Waals surface area contributed by atoms with Gasteiger partial charge in [-0.2, -0.15) is 0 Å². The van der Waals surface area contributed by atoms with Gasteiger partial charge in [0.25, 0.3) is 5.56 Å². The molecule has 174 valence electrons. The first-order chi connectivity index (χ1) is 16.9. The summed E-state index contributed by atoms with van der Waals surface area (Å²) in [6.07, 6.45) is 0. The standard InChI is InChI=1S/C27H22N4O3S/c1-16-7-3-6-10-22(16)31-26(34)25-24(20-8-4-5-9-21(20)29-25)30-27(31)35-15-23(33)28-19-13-11-18(12-14-19)17(2)32/h3-14,29H,15H2,1-2H3,(H,28,33). The van der Waals surface area contributed by atoms with Crippen LogP contribution >= 0.6 is 11.8 Å². The van der Waals surface area contributed by atoms with Crippen molar-refractivity contribution in [2.45, 2.75) is 19.0 Å². The lowest BCUT2D eigenvalue weighted by Crippen LogP contribution is -2.23. The molecule has 8 heteroatoms. The first kappa shape index (κ1) is 22.6. The molecule has 5 rings (SSSR count). The maximum Gasteiger partial charge on any atom is 0.283 e. The van der Waals surface area contributed by atoms with E-state index in [0.29, 0.717) is 33.1 Å². The number of benzene rings is 3. The summed E-state index contributed by atoms with van der Waals surface area (Å²) in [5.74, 6) is -0.220. The molecule has 0 spiro atoms. The number of amides is 1. The van der Waals surface area contributed by atoms with Gasteiger partial charge in [-0.05, 0) is 55.8 Å². The second-order valence-electron chi connectivity index (χ2n) is 8.19. The molecule has 2 N–H and O–H groups in total. The number of Topliss-reactive ketones (excluding diaryl/α,β-unsaturated/α-hetero) is 1. The van der Waals surface area contributed by atoms with Gasteiger partial charge in [0.2, 0.25) is 5.91 Å². The normalized spacial score (nSPS) is 11.1. The van der Waals surface area contributed by atoms with Crippen LogP contribution in [0.15, 0.2) is 82.7 Å². The summed E-state index contributed by atoms with van der Waals surface area (Å²) in [6.45, 7) is 3.43. The molecule has 3 aromatic carbocycles. The molecule has 0 radical (unpaired) electrons. The molecule has 0 bridgehead atoms. The Hall–Kier alpha value is -4.17. The molecular weight excluding hydrogens is 460 g/mol. The number of carbonyl (C=O) groups is 2. The van der Waals surface area contributed by atoms with Crippen molar-refractivity contribution in [1.82, 2.24) is 14.5 Å². The minimum absolute atomic E-state index is 0.0358. The Balaban J connectivity index is 1.51. The molecule has 35 heavy (non-hydrogen) atoms. The largest absolute Gasteiger partial charge is 0.349 e. The first-order valence-electron chi connectivity index (χ1n) is 11.1. The van der Waals surface area contributed by atoms with E-state index in [0.717, 1.165) is 16.5 Å². The van der Waals surface area contributed by atoms with Crippen LogP contribution in [0, 0.1) is 6.92 Å². The second kappa shape index (κ2) is 9.23. The molecule has 0 saturated carbocycles. The summed E-state index contributed by atoms with van der Waals surface area (Å²) >= 11 is 1.20. The summed E-state index contributed by atoms with van der Waals surface area (Å²) in [7, 11) is 0. The van der Waals surface area contributed by atoms with E-state index in [9.17, 15) is 14.4 Å². The van der Waals surface area contributed by atoms with E-state index in [1.165, 1.54) is 18.7 Å². The van der Waals surface area contributed by atoms with E-state index in [1.807, 2.05) is 55.5 Å². The summed E-state index contributed by atoms with van der Waals surface area (Å²) < 4.78 is 1.56. The quantitative estimate of drug-likeness (QED) is 0.199. The number of hydrogen-bond donors (Lipinski definition) is 2. The van der Waals surface area contributed by atoms with Crippen LogP contribution in [0.5, 0.6) is 0 Å². The molecule has 2 aromatic heterocycles. The Labute approximate surface area is 205 Å². The first-order valence-corrected chi connectivity index (χ1v) is 12.0. The Morgan fingerprint density at radius 2 is 1.71 bits per heavy atom. The van der Waals surface area contributed by atoms with Gasteiger partial charge < -0.3 is 10.3 Å². The van der Waals surface area contributed by atoms with Crippen LogP contribution in [0.3, 0.4) is 0 Å². The Morgan fingerprint density at radius 3 is 2.46 bits per heavy atom. The molecule has 5 aromatic rings. The number of fused-ring (bicyclic) bond motifs is 3. The molecule has 0 fully saturated rings. The summed E-state index contributed by atoms with van der Waals surface area (Å²) in [4.78, 5) is 45.9. The number of rotatable bonds is 6. The van der Waals surface area contributed by atoms with Crippen molar-refractivity contribution in [3.05, 3.63) is 94.3 Å². The van der Waals surface area contributed by atoms with Crippen LogP contribution in [0.25, 0.3) is 27.6 Å². The lowest BCUT2D eigenvalue weighted by Gasteiger charge is -2.14. The predicted octanol–water partition coefficient (Wildman–Crippen LogP) is 5.11. The van der Waals surface area contributed by atoms with E-state index < -0.39 is 0 Å². The number of carbonyl (C=O) groups excluding carboxylic acids is 2. The molecule has 0 aliphatic rings. The number of H-pyrrole nitrogens is 1. The van der Waals surface area contributed by atoms with Gasteiger partial charge in [0.1, 0.15) is 11.0 Å². The number of nitrogens with one attached hydrogen (secondary N) is 2. The number of anilines is 1. The van der Waals surface area contributed by atoms with Gasteiger partial charge in [0.15, 0.2) is 10.9 Å². The van der Waals surface area contributed by atoms with E-state index in [-0.39, 0.29) is 23.0 Å². The minimum Gasteiger partial charge on any atom is -0.349 e. The number of aryl methyl sites for hydroxylation is 1. The van der Waals surface area contributed by atoms with Crippen molar-refractivity contribution in [3.63, 3.8) is 0 Å². The number of aromatic nitrogens is 3. The average molecular weight is 483 g/mol. The lowest BCUT2D eigenvalue weighted by atomic mass is 10.1. The van der Waals surface area contributed by atoms with Crippen LogP contribution in [-0.4, -0.2) is 32.0 Å². The highest BCUT2D eigenvalue weighted by Gasteiger charge is 2.19. The Kier molecular flexibility index (Phi) is 5.96. The average Bonchev–Trinajstić information content (AvgIpc) is 3.23. The van der Waals surface area contributed by atoms with Crippen molar-refractivity contribution in [1.29, 1.82) is 0 Å². The van der Waals surface area contributed by atoms with Crippen LogP contribution in [0.4, 0.5) is 5.69 Å². The zero-order valence-electron chi connectivity index (χ0n) is 19.2. The number of aromatic amines is 1. The van der Waals surface area contributed by atoms with E-state index in [4.69, 9.17) is 4.98 Å². The van der Waals surface area contributed by atoms with Gasteiger partial charge >= 0.3 is 0 Å². The molecule has 7 nitrogen and oxygen atoms in total. The molecule has 0 aliphatic carbocycles. The van der Waals surface area contributed by atoms with Gasteiger partial charge in [-0.25, -0.2) is 4.98 Å². The van der Waals surface area contributed by atoms with Gasteiger partial charge in [0, 0.05) is 22.2 Å². The molecule has 0 unspecified atom stereocenters. The zero-order valence-corrected chi connectivity index (χ0v) is 20.0. The SMILES string of the molecule is CC(=O)c1ccc(NC(=O)CSc2nc3c([nH]c4ccccc43)c(=O)n2-c2ccccc2C)cc1. The summed E-state index contributed by atoms with van der Waals surface area (Å²) in [5.41, 5.74) is 4.43. The number of para-hydroxylation sites is 2. The maximum absolute atomic E-state index is 13.6. The van der Waals surface area contributed by atoms with Crippen LogP contribution in [0.1, 0.15) is 22.8 Å². The smallest absolute Gasteiger partial charge is 0.283 e. The number of ketones is 1. The third-order valence-corrected chi connectivity index (χ3v) is 6.70. The number of nitrogens with zero attached hydrogens (tertiary/aromatic N) is 2. The fourth-order valence-electron chi connectivity index (χ4n) is 3.98. The van der Waals surface area contributed by atoms with Gasteiger partial charge in [-0.3, -0.25) is 19.0 Å². The van der Waals surface area contributed by atoms with E-state index >= 15 is 0 Å². The predicted molar refractivity (Wildman–Crippen MR) is 140 cm³/mol. The highest BCUT2D eigenvalue weighted by Crippen LogP contribution is 2.27. The van der Waals surface area contributed by atoms with Crippen LogP contribution in [-0.2, 0) is 4.79 Å². The molecule has 0 atom stereocenters. The molecule has 0 saturated heterocycles. The maximum atomic E-state index is 13.6. The third kappa shape index (κ3) is 4.36. The highest BCUT2D eigenvalue weighted by atomic mass is 32.2. The van der Waals surface area contributed by atoms with Crippen LogP contribution < -0.4 is 10.9 Å². The van der Waals surface area contributed by atoms with Crippen molar-refractivity contribution in [2.75, 3.05) is 11.1 Å². The lowest BCUT2D eigenvalue weighted by molar-refractivity contribution is -0.113. The molecular formula is C27H22N4O3S. The topological polar surface area (TPSA) is 96.8 Å². The van der Waals surface area contributed by atoms with Crippen LogP contribution in [0.2, 0.25) is 0 Å². The molecule has 1 amide bonds. The number of hydrogen-bond acceptors (Lipinski definition) is 5. The zero-order chi connectivity index (χ0) is 24.5. The van der Waals surface area contributed by atoms with Gasteiger partial charge in [-0.1, -0.05) is 48.2 Å². The third-order valence-electron chi connectivity index (χ3n) is 5.76.